The van der Waals surface area contributed by atoms with Crippen molar-refractivity contribution in [2.24, 2.45) is 0 Å². The summed E-state index contributed by atoms with van der Waals surface area (Å²) in [6.45, 7) is 5.90. The Kier molecular flexibility index (Phi) is 8.21. The first-order valence-electron chi connectivity index (χ1n) is 11.0. The summed E-state index contributed by atoms with van der Waals surface area (Å²) < 4.78 is 0. The minimum absolute atomic E-state index is 0.0357. The summed E-state index contributed by atoms with van der Waals surface area (Å²) in [7, 11) is 0. The largest absolute Gasteiger partial charge is 0.478 e. The maximum atomic E-state index is 12.7. The van der Waals surface area contributed by atoms with E-state index in [4.69, 9.17) is 0 Å². The fourth-order valence-electron chi connectivity index (χ4n) is 3.64. The molecule has 0 aromatic heterocycles. The monoisotopic (exact) mass is 438 g/mol. The molecule has 8 heteroatoms. The second kappa shape index (κ2) is 11.3. The van der Waals surface area contributed by atoms with Crippen molar-refractivity contribution in [1.29, 1.82) is 0 Å². The molecule has 2 amide bonds. The van der Waals surface area contributed by atoms with E-state index >= 15 is 0 Å². The van der Waals surface area contributed by atoms with Gasteiger partial charge in [0, 0.05) is 38.3 Å². The molecule has 0 atom stereocenters. The molecule has 1 fully saturated rings. The number of nitrogens with zero attached hydrogens (tertiary/aromatic N) is 2. The summed E-state index contributed by atoms with van der Waals surface area (Å²) in [6, 6.07) is 13.6. The Labute approximate surface area is 188 Å². The lowest BCUT2D eigenvalue weighted by Crippen LogP contribution is -2.49. The molecule has 0 aliphatic carbocycles. The van der Waals surface area contributed by atoms with Gasteiger partial charge in [-0.05, 0) is 36.8 Å². The highest BCUT2D eigenvalue weighted by molar-refractivity contribution is 6.06. The molecule has 1 heterocycles. The van der Waals surface area contributed by atoms with Crippen LogP contribution in [-0.2, 0) is 4.79 Å². The van der Waals surface area contributed by atoms with Gasteiger partial charge in [0.15, 0.2) is 0 Å². The maximum Gasteiger partial charge on any atom is 0.335 e. The number of unbranched alkanes of at least 4 members (excludes halogenated alkanes) is 1. The van der Waals surface area contributed by atoms with Crippen LogP contribution in [-0.4, -0.2) is 67.1 Å². The number of hydrogen-bond donors (Lipinski definition) is 3. The Morgan fingerprint density at radius 3 is 2.34 bits per heavy atom. The molecule has 2 aromatic rings. The molecule has 3 rings (SSSR count). The molecule has 1 aliphatic rings. The number of anilines is 2. The van der Waals surface area contributed by atoms with E-state index in [0.29, 0.717) is 50.5 Å². The van der Waals surface area contributed by atoms with Gasteiger partial charge < -0.3 is 20.6 Å². The van der Waals surface area contributed by atoms with Crippen molar-refractivity contribution in [3.8, 4) is 0 Å². The van der Waals surface area contributed by atoms with Crippen LogP contribution in [0.5, 0.6) is 0 Å². The van der Waals surface area contributed by atoms with E-state index in [1.807, 2.05) is 6.07 Å². The number of hydrogen-bond acceptors (Lipinski definition) is 5. The Bertz CT molecular complexity index is 940. The van der Waals surface area contributed by atoms with Crippen molar-refractivity contribution in [2.75, 3.05) is 49.5 Å². The van der Waals surface area contributed by atoms with Gasteiger partial charge in [-0.1, -0.05) is 31.5 Å². The lowest BCUT2D eigenvalue weighted by molar-refractivity contribution is -0.122. The second-order valence-electron chi connectivity index (χ2n) is 7.82. The molecule has 1 aliphatic heterocycles. The SMILES string of the molecule is CCCCNC(=O)CN1CCN(c2ccc(C(=O)O)cc2NC(=O)c2ccccc2)CC1. The van der Waals surface area contributed by atoms with E-state index in [1.165, 1.54) is 6.07 Å². The predicted molar refractivity (Wildman–Crippen MR) is 124 cm³/mol. The molecule has 2 aromatic carbocycles. The number of amides is 2. The van der Waals surface area contributed by atoms with Crippen LogP contribution in [0.1, 0.15) is 40.5 Å². The summed E-state index contributed by atoms with van der Waals surface area (Å²) in [5, 5.41) is 15.2. The van der Waals surface area contributed by atoms with Crippen LogP contribution < -0.4 is 15.5 Å². The third-order valence-electron chi connectivity index (χ3n) is 5.46. The molecular formula is C24H30N4O4. The first-order chi connectivity index (χ1) is 15.5. The van der Waals surface area contributed by atoms with Crippen molar-refractivity contribution in [2.45, 2.75) is 19.8 Å². The summed E-state index contributed by atoms with van der Waals surface area (Å²) in [5.74, 6) is -1.31. The first-order valence-corrected chi connectivity index (χ1v) is 11.0. The number of carbonyl (C=O) groups is 3. The van der Waals surface area contributed by atoms with Gasteiger partial charge in [-0.15, -0.1) is 0 Å². The Balaban J connectivity index is 1.67. The summed E-state index contributed by atoms with van der Waals surface area (Å²) in [5.41, 5.74) is 1.84. The quantitative estimate of drug-likeness (QED) is 0.521. The smallest absolute Gasteiger partial charge is 0.335 e. The highest BCUT2D eigenvalue weighted by Crippen LogP contribution is 2.29. The maximum absolute atomic E-state index is 12.7. The van der Waals surface area contributed by atoms with Gasteiger partial charge in [0.2, 0.25) is 5.91 Å². The molecular weight excluding hydrogens is 408 g/mol. The minimum atomic E-state index is -1.05. The van der Waals surface area contributed by atoms with Gasteiger partial charge in [0.1, 0.15) is 0 Å². The topological polar surface area (TPSA) is 102 Å². The van der Waals surface area contributed by atoms with E-state index in [0.717, 1.165) is 18.5 Å². The van der Waals surface area contributed by atoms with Crippen LogP contribution in [0.2, 0.25) is 0 Å². The van der Waals surface area contributed by atoms with Crippen LogP contribution >= 0.6 is 0 Å². The molecule has 0 radical (unpaired) electrons. The number of carboxylic acid groups (broad SMARTS) is 1. The number of piperazine rings is 1. The van der Waals surface area contributed by atoms with Crippen LogP contribution in [0.3, 0.4) is 0 Å². The molecule has 170 valence electrons. The van der Waals surface area contributed by atoms with Gasteiger partial charge in [-0.3, -0.25) is 14.5 Å². The highest BCUT2D eigenvalue weighted by Gasteiger charge is 2.22. The van der Waals surface area contributed by atoms with E-state index in [-0.39, 0.29) is 17.4 Å². The third kappa shape index (κ3) is 6.31. The molecule has 3 N–H and O–H groups in total. The molecule has 8 nitrogen and oxygen atoms in total. The fourth-order valence-corrected chi connectivity index (χ4v) is 3.64. The summed E-state index contributed by atoms with van der Waals surface area (Å²) in [4.78, 5) is 40.4. The second-order valence-corrected chi connectivity index (χ2v) is 7.82. The zero-order chi connectivity index (χ0) is 22.9. The Hall–Kier alpha value is -3.39. The number of rotatable bonds is 9. The van der Waals surface area contributed by atoms with Gasteiger partial charge >= 0.3 is 5.97 Å². The lowest BCUT2D eigenvalue weighted by Gasteiger charge is -2.36. The van der Waals surface area contributed by atoms with Gasteiger partial charge in [0.05, 0.1) is 23.5 Å². The minimum Gasteiger partial charge on any atom is -0.478 e. The number of nitrogens with one attached hydrogen (secondary N) is 2. The summed E-state index contributed by atoms with van der Waals surface area (Å²) >= 11 is 0. The average molecular weight is 439 g/mol. The first kappa shape index (κ1) is 23.3. The van der Waals surface area contributed by atoms with Crippen molar-refractivity contribution in [3.05, 3.63) is 59.7 Å². The van der Waals surface area contributed by atoms with Crippen molar-refractivity contribution in [1.82, 2.24) is 10.2 Å². The van der Waals surface area contributed by atoms with Crippen molar-refractivity contribution >= 4 is 29.2 Å². The van der Waals surface area contributed by atoms with Gasteiger partial charge in [-0.25, -0.2) is 4.79 Å². The molecule has 0 unspecified atom stereocenters. The molecule has 0 spiro atoms. The third-order valence-corrected chi connectivity index (χ3v) is 5.46. The average Bonchev–Trinajstić information content (AvgIpc) is 2.80. The normalized spacial score (nSPS) is 14.1. The van der Waals surface area contributed by atoms with Gasteiger partial charge in [-0.2, -0.15) is 0 Å². The van der Waals surface area contributed by atoms with Crippen LogP contribution in [0.25, 0.3) is 0 Å². The van der Waals surface area contributed by atoms with Gasteiger partial charge in [0.25, 0.3) is 5.91 Å². The molecule has 0 saturated carbocycles. The number of carboxylic acids is 1. The molecule has 32 heavy (non-hydrogen) atoms. The van der Waals surface area contributed by atoms with E-state index in [1.54, 1.807) is 36.4 Å². The van der Waals surface area contributed by atoms with E-state index in [2.05, 4.69) is 27.4 Å². The standard InChI is InChI=1S/C24H30N4O4/c1-2-3-11-25-22(29)17-27-12-14-28(15-13-27)21-10-9-19(24(31)32)16-20(21)26-23(30)18-7-5-4-6-8-18/h4-10,16H,2-3,11-15,17H2,1H3,(H,25,29)(H,26,30)(H,31,32). The van der Waals surface area contributed by atoms with Crippen LogP contribution in [0, 0.1) is 0 Å². The van der Waals surface area contributed by atoms with Crippen molar-refractivity contribution < 1.29 is 19.5 Å². The molecule has 1 saturated heterocycles. The highest BCUT2D eigenvalue weighted by atomic mass is 16.4. The Morgan fingerprint density at radius 1 is 0.969 bits per heavy atom. The van der Waals surface area contributed by atoms with E-state index in [9.17, 15) is 19.5 Å². The zero-order valence-corrected chi connectivity index (χ0v) is 18.3. The van der Waals surface area contributed by atoms with Crippen molar-refractivity contribution in [3.63, 3.8) is 0 Å². The number of benzene rings is 2. The predicted octanol–water partition coefficient (Wildman–Crippen LogP) is 2.68. The van der Waals surface area contributed by atoms with Crippen LogP contribution in [0.15, 0.2) is 48.5 Å². The Morgan fingerprint density at radius 2 is 1.69 bits per heavy atom. The van der Waals surface area contributed by atoms with E-state index < -0.39 is 5.97 Å². The zero-order valence-electron chi connectivity index (χ0n) is 18.3. The fraction of sp³-hybridized carbons (Fsp3) is 0.375. The van der Waals surface area contributed by atoms with Crippen LogP contribution in [0.4, 0.5) is 11.4 Å². The lowest BCUT2D eigenvalue weighted by atomic mass is 10.1. The number of carbonyl (C=O) groups excluding carboxylic acids is 2. The molecule has 0 bridgehead atoms. The number of aromatic carboxylic acids is 1. The summed E-state index contributed by atoms with van der Waals surface area (Å²) in [6.07, 6.45) is 2.02.